The normalized spacial score (nSPS) is 19.3. The maximum Gasteiger partial charge on any atom is 0.237 e. The van der Waals surface area contributed by atoms with E-state index in [0.29, 0.717) is 0 Å². The molecule has 0 saturated carbocycles. The average Bonchev–Trinajstić information content (AvgIpc) is 2.71. The summed E-state index contributed by atoms with van der Waals surface area (Å²) in [4.78, 5) is 11.8. The van der Waals surface area contributed by atoms with E-state index in [9.17, 15) is 4.79 Å². The number of nitrogens with zero attached hydrogens (tertiary/aromatic N) is 1. The van der Waals surface area contributed by atoms with Crippen LogP contribution < -0.4 is 10.6 Å². The first-order chi connectivity index (χ1) is 9.68. The number of carbonyl (C=O) groups is 1. The summed E-state index contributed by atoms with van der Waals surface area (Å²) in [5.74, 6) is 0.132. The van der Waals surface area contributed by atoms with Crippen LogP contribution in [-0.2, 0) is 18.4 Å². The number of nitrogens with one attached hydrogen (secondary N) is 2. The fourth-order valence-electron chi connectivity index (χ4n) is 3.07. The lowest BCUT2D eigenvalue weighted by Crippen LogP contribution is -2.48. The van der Waals surface area contributed by atoms with Gasteiger partial charge in [0.15, 0.2) is 0 Å². The number of aromatic nitrogens is 1. The van der Waals surface area contributed by atoms with Crippen LogP contribution in [0, 0.1) is 6.92 Å². The summed E-state index contributed by atoms with van der Waals surface area (Å²) in [6.07, 6.45) is 1.98. The van der Waals surface area contributed by atoms with Gasteiger partial charge in [-0.05, 0) is 31.4 Å². The highest BCUT2D eigenvalue weighted by Gasteiger charge is 2.22. The van der Waals surface area contributed by atoms with Crippen molar-refractivity contribution in [1.29, 1.82) is 0 Å². The summed E-state index contributed by atoms with van der Waals surface area (Å²) in [6, 6.07) is 8.37. The molecule has 0 radical (unpaired) electrons. The first kappa shape index (κ1) is 13.2. The van der Waals surface area contributed by atoms with Crippen molar-refractivity contribution < 1.29 is 4.79 Å². The van der Waals surface area contributed by atoms with Gasteiger partial charge in [0.25, 0.3) is 0 Å². The predicted octanol–water partition coefficient (Wildman–Crippen LogP) is 1.85. The second-order valence-electron chi connectivity index (χ2n) is 5.51. The standard InChI is InChI=1S/C16H21N3O/c1-11-12-6-3-4-8-14(12)19(2)15(11)10-18-13-7-5-9-17-16(13)20/h3-4,6,8,13,18H,5,7,9-10H2,1-2H3,(H,17,20). The molecule has 3 rings (SSSR count). The van der Waals surface area contributed by atoms with Crippen molar-refractivity contribution in [1.82, 2.24) is 15.2 Å². The largest absolute Gasteiger partial charge is 0.355 e. The molecular formula is C16H21N3O. The van der Waals surface area contributed by atoms with Gasteiger partial charge < -0.3 is 15.2 Å². The lowest BCUT2D eigenvalue weighted by molar-refractivity contribution is -0.124. The van der Waals surface area contributed by atoms with Gasteiger partial charge in [-0.15, -0.1) is 0 Å². The number of fused-ring (bicyclic) bond motifs is 1. The number of aryl methyl sites for hydroxylation is 2. The summed E-state index contributed by atoms with van der Waals surface area (Å²) < 4.78 is 2.22. The van der Waals surface area contributed by atoms with E-state index in [0.717, 1.165) is 25.9 Å². The summed E-state index contributed by atoms with van der Waals surface area (Å²) >= 11 is 0. The van der Waals surface area contributed by atoms with Gasteiger partial charge in [0, 0.05) is 36.7 Å². The van der Waals surface area contributed by atoms with Crippen LogP contribution in [0.15, 0.2) is 24.3 Å². The Kier molecular flexibility index (Phi) is 3.49. The quantitative estimate of drug-likeness (QED) is 0.895. The first-order valence-electron chi connectivity index (χ1n) is 7.22. The van der Waals surface area contributed by atoms with Gasteiger partial charge in [-0.1, -0.05) is 18.2 Å². The minimum absolute atomic E-state index is 0.0545. The summed E-state index contributed by atoms with van der Waals surface area (Å²) in [5, 5.41) is 7.60. The van der Waals surface area contributed by atoms with E-state index >= 15 is 0 Å². The van der Waals surface area contributed by atoms with Crippen LogP contribution in [0.2, 0.25) is 0 Å². The van der Waals surface area contributed by atoms with Crippen molar-refractivity contribution in [2.75, 3.05) is 6.54 Å². The number of amides is 1. The minimum atomic E-state index is -0.0545. The first-order valence-corrected chi connectivity index (χ1v) is 7.22. The van der Waals surface area contributed by atoms with Gasteiger partial charge in [0.05, 0.1) is 6.04 Å². The lowest BCUT2D eigenvalue weighted by atomic mass is 10.1. The van der Waals surface area contributed by atoms with E-state index in [4.69, 9.17) is 0 Å². The highest BCUT2D eigenvalue weighted by atomic mass is 16.2. The van der Waals surface area contributed by atoms with Crippen LogP contribution in [0.5, 0.6) is 0 Å². The topological polar surface area (TPSA) is 46.1 Å². The minimum Gasteiger partial charge on any atom is -0.355 e. The summed E-state index contributed by atoms with van der Waals surface area (Å²) in [5.41, 5.74) is 3.80. The van der Waals surface area contributed by atoms with Gasteiger partial charge >= 0.3 is 0 Å². The van der Waals surface area contributed by atoms with Crippen molar-refractivity contribution in [3.63, 3.8) is 0 Å². The van der Waals surface area contributed by atoms with E-state index in [1.807, 2.05) is 0 Å². The molecule has 2 aromatic rings. The van der Waals surface area contributed by atoms with Crippen molar-refractivity contribution in [3.05, 3.63) is 35.5 Å². The number of para-hydroxylation sites is 1. The Morgan fingerprint density at radius 2 is 2.20 bits per heavy atom. The van der Waals surface area contributed by atoms with Crippen LogP contribution in [0.3, 0.4) is 0 Å². The van der Waals surface area contributed by atoms with Gasteiger partial charge in [0.2, 0.25) is 5.91 Å². The molecule has 1 aliphatic rings. The molecule has 0 bridgehead atoms. The second kappa shape index (κ2) is 5.29. The van der Waals surface area contributed by atoms with Crippen molar-refractivity contribution in [2.24, 2.45) is 7.05 Å². The number of carbonyl (C=O) groups excluding carboxylic acids is 1. The molecule has 1 amide bonds. The third-order valence-corrected chi connectivity index (χ3v) is 4.31. The molecule has 1 saturated heterocycles. The van der Waals surface area contributed by atoms with E-state index in [-0.39, 0.29) is 11.9 Å². The predicted molar refractivity (Wildman–Crippen MR) is 80.5 cm³/mol. The van der Waals surface area contributed by atoms with E-state index in [1.54, 1.807) is 0 Å². The number of rotatable bonds is 3. The molecule has 1 aromatic heterocycles. The Morgan fingerprint density at radius 3 is 2.95 bits per heavy atom. The molecule has 4 heteroatoms. The molecular weight excluding hydrogens is 250 g/mol. The Morgan fingerprint density at radius 1 is 1.40 bits per heavy atom. The monoisotopic (exact) mass is 271 g/mol. The maximum absolute atomic E-state index is 11.8. The highest BCUT2D eigenvalue weighted by Crippen LogP contribution is 2.24. The molecule has 2 N–H and O–H groups in total. The summed E-state index contributed by atoms with van der Waals surface area (Å²) in [7, 11) is 2.09. The zero-order valence-electron chi connectivity index (χ0n) is 12.1. The molecule has 2 heterocycles. The van der Waals surface area contributed by atoms with Crippen LogP contribution in [0.1, 0.15) is 24.1 Å². The number of benzene rings is 1. The summed E-state index contributed by atoms with van der Waals surface area (Å²) in [6.45, 7) is 3.69. The fraction of sp³-hybridized carbons (Fsp3) is 0.438. The van der Waals surface area contributed by atoms with E-state index in [2.05, 4.69) is 53.4 Å². The third kappa shape index (κ3) is 2.20. The molecule has 106 valence electrons. The molecule has 1 fully saturated rings. The van der Waals surface area contributed by atoms with Crippen LogP contribution in [-0.4, -0.2) is 23.1 Å². The average molecular weight is 271 g/mol. The molecule has 1 aromatic carbocycles. The zero-order valence-corrected chi connectivity index (χ0v) is 12.1. The van der Waals surface area contributed by atoms with Crippen molar-refractivity contribution >= 4 is 16.8 Å². The van der Waals surface area contributed by atoms with Gasteiger partial charge in [-0.3, -0.25) is 4.79 Å². The highest BCUT2D eigenvalue weighted by molar-refractivity contribution is 5.85. The smallest absolute Gasteiger partial charge is 0.237 e. The van der Waals surface area contributed by atoms with Crippen LogP contribution in [0.4, 0.5) is 0 Å². The molecule has 20 heavy (non-hydrogen) atoms. The Hall–Kier alpha value is -1.81. The number of piperidine rings is 1. The molecule has 1 unspecified atom stereocenters. The SMILES string of the molecule is Cc1c(CNC2CCCNC2=O)n(C)c2ccccc12. The number of hydrogen-bond donors (Lipinski definition) is 2. The van der Waals surface area contributed by atoms with E-state index < -0.39 is 0 Å². The fourth-order valence-corrected chi connectivity index (χ4v) is 3.07. The second-order valence-corrected chi connectivity index (χ2v) is 5.51. The Labute approximate surface area is 119 Å². The van der Waals surface area contributed by atoms with Crippen molar-refractivity contribution in [3.8, 4) is 0 Å². The zero-order chi connectivity index (χ0) is 14.1. The van der Waals surface area contributed by atoms with Crippen LogP contribution in [0.25, 0.3) is 10.9 Å². The van der Waals surface area contributed by atoms with Gasteiger partial charge in [0.1, 0.15) is 0 Å². The molecule has 0 spiro atoms. The molecule has 4 nitrogen and oxygen atoms in total. The van der Waals surface area contributed by atoms with Gasteiger partial charge in [-0.2, -0.15) is 0 Å². The molecule has 1 aliphatic heterocycles. The number of hydrogen-bond acceptors (Lipinski definition) is 2. The third-order valence-electron chi connectivity index (χ3n) is 4.31. The van der Waals surface area contributed by atoms with E-state index in [1.165, 1.54) is 22.2 Å². The van der Waals surface area contributed by atoms with Crippen LogP contribution >= 0.6 is 0 Å². The maximum atomic E-state index is 11.8. The van der Waals surface area contributed by atoms with Crippen molar-refractivity contribution in [2.45, 2.75) is 32.4 Å². The Balaban J connectivity index is 1.82. The lowest BCUT2D eigenvalue weighted by Gasteiger charge is -2.23. The molecule has 1 atom stereocenters. The Bertz CT molecular complexity index is 605. The van der Waals surface area contributed by atoms with Gasteiger partial charge in [-0.25, -0.2) is 0 Å². The molecule has 0 aliphatic carbocycles.